The summed E-state index contributed by atoms with van der Waals surface area (Å²) in [7, 11) is 1.30. The zero-order valence-electron chi connectivity index (χ0n) is 10.2. The molecule has 0 saturated carbocycles. The molecule has 0 amide bonds. The van der Waals surface area contributed by atoms with E-state index in [1.165, 1.54) is 13.2 Å². The van der Waals surface area contributed by atoms with Crippen molar-refractivity contribution in [2.45, 2.75) is 0 Å². The molecule has 0 fully saturated rings. The van der Waals surface area contributed by atoms with Gasteiger partial charge in [-0.15, -0.1) is 0 Å². The van der Waals surface area contributed by atoms with Gasteiger partial charge in [0, 0.05) is 12.1 Å². The minimum absolute atomic E-state index is 0.254. The van der Waals surface area contributed by atoms with Crippen LogP contribution in [0.15, 0.2) is 36.4 Å². The van der Waals surface area contributed by atoms with E-state index in [2.05, 4.69) is 4.74 Å². The number of fused-ring (bicyclic) bond motifs is 2. The van der Waals surface area contributed by atoms with Gasteiger partial charge in [-0.3, -0.25) is 0 Å². The predicted octanol–water partition coefficient (Wildman–Crippen LogP) is 2.95. The number of para-hydroxylation sites is 2. The highest BCUT2D eigenvalue weighted by Crippen LogP contribution is 2.46. The van der Waals surface area contributed by atoms with Crippen LogP contribution < -0.4 is 15.2 Å². The Morgan fingerprint density at radius 1 is 1.05 bits per heavy atom. The van der Waals surface area contributed by atoms with Crippen LogP contribution in [0.4, 0.5) is 5.69 Å². The number of nitrogen functional groups attached to an aromatic ring is 1. The van der Waals surface area contributed by atoms with E-state index in [0.29, 0.717) is 23.0 Å². The van der Waals surface area contributed by atoms with Crippen LogP contribution in [0.25, 0.3) is 0 Å². The topological polar surface area (TPSA) is 70.8 Å². The number of ether oxygens (including phenoxy) is 3. The van der Waals surface area contributed by atoms with Crippen LogP contribution in [0.2, 0.25) is 0 Å². The molecule has 0 bridgehead atoms. The number of rotatable bonds is 1. The van der Waals surface area contributed by atoms with Crippen molar-refractivity contribution in [3.63, 3.8) is 0 Å². The average molecular weight is 257 g/mol. The van der Waals surface area contributed by atoms with Crippen LogP contribution in [-0.4, -0.2) is 13.1 Å². The van der Waals surface area contributed by atoms with E-state index in [0.717, 1.165) is 0 Å². The number of carbonyl (C=O) groups excluding carboxylic acids is 1. The SMILES string of the molecule is COC(=O)c1cc2c(cc1N)Oc1ccccc1O2. The second kappa shape index (κ2) is 4.20. The molecule has 0 atom stereocenters. The van der Waals surface area contributed by atoms with Crippen molar-refractivity contribution in [1.82, 2.24) is 0 Å². The van der Waals surface area contributed by atoms with Gasteiger partial charge in [0.25, 0.3) is 0 Å². The molecule has 0 radical (unpaired) electrons. The van der Waals surface area contributed by atoms with E-state index in [9.17, 15) is 4.79 Å². The van der Waals surface area contributed by atoms with Gasteiger partial charge in [-0.25, -0.2) is 4.79 Å². The number of esters is 1. The molecule has 1 aliphatic rings. The van der Waals surface area contributed by atoms with Crippen LogP contribution in [0.3, 0.4) is 0 Å². The first-order valence-corrected chi connectivity index (χ1v) is 5.65. The monoisotopic (exact) mass is 257 g/mol. The largest absolute Gasteiger partial charge is 0.465 e. The zero-order chi connectivity index (χ0) is 13.4. The summed E-state index contributed by atoms with van der Waals surface area (Å²) in [5, 5.41) is 0. The molecule has 0 saturated heterocycles. The van der Waals surface area contributed by atoms with Gasteiger partial charge < -0.3 is 19.9 Å². The molecule has 5 nitrogen and oxygen atoms in total. The van der Waals surface area contributed by atoms with Crippen molar-refractivity contribution >= 4 is 11.7 Å². The number of hydrogen-bond donors (Lipinski definition) is 1. The lowest BCUT2D eigenvalue weighted by Crippen LogP contribution is -2.08. The lowest BCUT2D eigenvalue weighted by Gasteiger charge is -2.21. The maximum absolute atomic E-state index is 11.6. The highest BCUT2D eigenvalue weighted by atomic mass is 16.6. The van der Waals surface area contributed by atoms with Crippen LogP contribution in [0.1, 0.15) is 10.4 Å². The van der Waals surface area contributed by atoms with E-state index >= 15 is 0 Å². The van der Waals surface area contributed by atoms with Crippen molar-refractivity contribution in [3.8, 4) is 23.0 Å². The third-order valence-electron chi connectivity index (χ3n) is 2.81. The molecular formula is C14H11NO4. The van der Waals surface area contributed by atoms with E-state index in [-0.39, 0.29) is 11.3 Å². The molecular weight excluding hydrogens is 246 g/mol. The van der Waals surface area contributed by atoms with Crippen molar-refractivity contribution in [1.29, 1.82) is 0 Å². The summed E-state index contributed by atoms with van der Waals surface area (Å²) in [6, 6.07) is 10.3. The first-order valence-electron chi connectivity index (χ1n) is 5.65. The normalized spacial score (nSPS) is 11.6. The van der Waals surface area contributed by atoms with Crippen molar-refractivity contribution in [3.05, 3.63) is 42.0 Å². The van der Waals surface area contributed by atoms with E-state index in [1.807, 2.05) is 12.1 Å². The molecule has 0 unspecified atom stereocenters. The summed E-state index contributed by atoms with van der Waals surface area (Å²) < 4.78 is 16.0. The Morgan fingerprint density at radius 3 is 2.21 bits per heavy atom. The third-order valence-corrected chi connectivity index (χ3v) is 2.81. The van der Waals surface area contributed by atoms with Crippen LogP contribution in [-0.2, 0) is 4.74 Å². The number of hydrogen-bond acceptors (Lipinski definition) is 5. The summed E-state index contributed by atoms with van der Waals surface area (Å²) in [5.41, 5.74) is 6.34. The van der Waals surface area contributed by atoms with Crippen molar-refractivity contribution in [2.24, 2.45) is 0 Å². The molecule has 96 valence electrons. The molecule has 2 aromatic carbocycles. The Bertz CT molecular complexity index is 666. The fraction of sp³-hybridized carbons (Fsp3) is 0.0714. The molecule has 3 rings (SSSR count). The standard InChI is InChI=1S/C14H11NO4/c1-17-14(16)8-6-12-13(7-9(8)15)19-11-5-3-2-4-10(11)18-12/h2-7H,15H2,1H3. The summed E-state index contributed by atoms with van der Waals surface area (Å²) in [5.74, 6) is 1.61. The van der Waals surface area contributed by atoms with Gasteiger partial charge in [0.15, 0.2) is 23.0 Å². The first kappa shape index (κ1) is 11.4. The van der Waals surface area contributed by atoms with E-state index in [4.69, 9.17) is 15.2 Å². The Morgan fingerprint density at radius 2 is 1.63 bits per heavy atom. The summed E-state index contributed by atoms with van der Waals surface area (Å²) in [4.78, 5) is 11.6. The quantitative estimate of drug-likeness (QED) is 0.536. The molecule has 0 spiro atoms. The van der Waals surface area contributed by atoms with Gasteiger partial charge in [-0.1, -0.05) is 12.1 Å². The molecule has 2 N–H and O–H groups in total. The molecule has 19 heavy (non-hydrogen) atoms. The van der Waals surface area contributed by atoms with Gasteiger partial charge in [0.2, 0.25) is 0 Å². The number of carbonyl (C=O) groups is 1. The number of methoxy groups -OCH3 is 1. The lowest BCUT2D eigenvalue weighted by atomic mass is 10.1. The van der Waals surface area contributed by atoms with Crippen molar-refractivity contribution < 1.29 is 19.0 Å². The summed E-state index contributed by atoms with van der Waals surface area (Å²) >= 11 is 0. The molecule has 5 heteroatoms. The van der Waals surface area contributed by atoms with E-state index < -0.39 is 5.97 Å². The van der Waals surface area contributed by atoms with Crippen LogP contribution in [0, 0.1) is 0 Å². The van der Waals surface area contributed by atoms with Gasteiger partial charge in [-0.05, 0) is 12.1 Å². The smallest absolute Gasteiger partial charge is 0.340 e. The minimum Gasteiger partial charge on any atom is -0.465 e. The first-order chi connectivity index (χ1) is 9.19. The minimum atomic E-state index is -0.511. The Kier molecular flexibility index (Phi) is 2.52. The Labute approximate surface area is 109 Å². The maximum Gasteiger partial charge on any atom is 0.340 e. The molecule has 0 aliphatic carbocycles. The fourth-order valence-electron chi connectivity index (χ4n) is 1.88. The van der Waals surface area contributed by atoms with Gasteiger partial charge >= 0.3 is 5.97 Å². The zero-order valence-corrected chi connectivity index (χ0v) is 10.2. The predicted molar refractivity (Wildman–Crippen MR) is 68.8 cm³/mol. The molecule has 0 aromatic heterocycles. The number of anilines is 1. The van der Waals surface area contributed by atoms with Crippen LogP contribution in [0.5, 0.6) is 23.0 Å². The van der Waals surface area contributed by atoms with E-state index in [1.54, 1.807) is 18.2 Å². The summed E-state index contributed by atoms with van der Waals surface area (Å²) in [6.07, 6.45) is 0. The van der Waals surface area contributed by atoms with Crippen LogP contribution >= 0.6 is 0 Å². The molecule has 2 aromatic rings. The highest BCUT2D eigenvalue weighted by molar-refractivity contribution is 5.96. The Balaban J connectivity index is 2.07. The van der Waals surface area contributed by atoms with Crippen molar-refractivity contribution in [2.75, 3.05) is 12.8 Å². The highest BCUT2D eigenvalue weighted by Gasteiger charge is 2.22. The number of nitrogens with two attached hydrogens (primary N) is 1. The Hall–Kier alpha value is -2.69. The molecule has 1 heterocycles. The summed E-state index contributed by atoms with van der Waals surface area (Å²) in [6.45, 7) is 0. The number of benzene rings is 2. The second-order valence-electron chi connectivity index (χ2n) is 4.03. The van der Waals surface area contributed by atoms with Gasteiger partial charge in [0.05, 0.1) is 18.4 Å². The second-order valence-corrected chi connectivity index (χ2v) is 4.03. The average Bonchev–Trinajstić information content (AvgIpc) is 2.43. The maximum atomic E-state index is 11.6. The lowest BCUT2D eigenvalue weighted by molar-refractivity contribution is 0.0601. The van der Waals surface area contributed by atoms with Gasteiger partial charge in [0.1, 0.15) is 0 Å². The fourth-order valence-corrected chi connectivity index (χ4v) is 1.88. The van der Waals surface area contributed by atoms with Gasteiger partial charge in [-0.2, -0.15) is 0 Å². The molecule has 1 aliphatic heterocycles. The third kappa shape index (κ3) is 1.85.